The van der Waals surface area contributed by atoms with E-state index in [1.165, 1.54) is 0 Å². The number of aromatic amines is 2. The van der Waals surface area contributed by atoms with Crippen molar-refractivity contribution in [2.24, 2.45) is 0 Å². The summed E-state index contributed by atoms with van der Waals surface area (Å²) in [5, 5.41) is 0. The molecule has 10 nitrogen and oxygen atoms in total. The molecule has 0 aliphatic carbocycles. The van der Waals surface area contributed by atoms with E-state index in [4.69, 9.17) is 25.9 Å². The molecule has 2 aromatic heterocycles. The standard InChI is InChI=1S/2C3H4N2.2CHF3O3S.Cu/c2*1-2-5-3-4-1;2*2-1(3,4)8(5,6)7;/h2*1-3H,(H,4,5);2*(H,5,6,7);/q;;;;+2/p-2. The van der Waals surface area contributed by atoms with Gasteiger partial charge >= 0.3 is 28.1 Å². The van der Waals surface area contributed by atoms with Crippen LogP contribution in [0.2, 0.25) is 0 Å². The third-order valence-electron chi connectivity index (χ3n) is 1.38. The van der Waals surface area contributed by atoms with Crippen LogP contribution in [0.4, 0.5) is 26.3 Å². The van der Waals surface area contributed by atoms with Crippen molar-refractivity contribution in [1.29, 1.82) is 0 Å². The molecular weight excluding hydrogens is 490 g/mol. The zero-order chi connectivity index (χ0) is 21.1. The zero-order valence-electron chi connectivity index (χ0n) is 12.2. The van der Waals surface area contributed by atoms with Crippen LogP contribution in [0.25, 0.3) is 0 Å². The van der Waals surface area contributed by atoms with Crippen molar-refractivity contribution in [2.75, 3.05) is 0 Å². The van der Waals surface area contributed by atoms with Crippen molar-refractivity contribution < 1.29 is 69.4 Å². The van der Waals surface area contributed by atoms with Crippen molar-refractivity contribution in [3.05, 3.63) is 37.4 Å². The number of halogens is 6. The normalized spacial score (nSPS) is 11.3. The smallest absolute Gasteiger partial charge is 0.741 e. The van der Waals surface area contributed by atoms with Crippen molar-refractivity contribution in [3.63, 3.8) is 0 Å². The molecule has 2 rings (SSSR count). The van der Waals surface area contributed by atoms with Crippen LogP contribution in [0.1, 0.15) is 0 Å². The number of nitrogens with one attached hydrogen (secondary N) is 2. The largest absolute Gasteiger partial charge is 2.00 e. The second kappa shape index (κ2) is 12.7. The Morgan fingerprint density at radius 3 is 0.963 bits per heavy atom. The van der Waals surface area contributed by atoms with Crippen LogP contribution in [-0.2, 0) is 37.3 Å². The number of rotatable bonds is 0. The number of nitrogens with zero attached hydrogens (tertiary/aromatic N) is 2. The van der Waals surface area contributed by atoms with E-state index in [9.17, 15) is 26.3 Å². The molecule has 0 atom stereocenters. The second-order valence-corrected chi connectivity index (χ2v) is 6.06. The first-order chi connectivity index (χ1) is 11.5. The number of hydrogen-bond acceptors (Lipinski definition) is 8. The van der Waals surface area contributed by atoms with E-state index in [1.54, 1.807) is 37.4 Å². The van der Waals surface area contributed by atoms with Crippen LogP contribution in [-0.4, -0.2) is 56.9 Å². The van der Waals surface area contributed by atoms with Crippen LogP contribution in [0.15, 0.2) is 37.4 Å². The molecule has 0 saturated carbocycles. The van der Waals surface area contributed by atoms with Crippen LogP contribution in [0, 0.1) is 0 Å². The third kappa shape index (κ3) is 17.5. The third-order valence-corrected chi connectivity index (χ3v) is 2.51. The summed E-state index contributed by atoms with van der Waals surface area (Å²) in [7, 11) is -12.2. The van der Waals surface area contributed by atoms with Crippen LogP contribution in [0.5, 0.6) is 0 Å². The van der Waals surface area contributed by atoms with E-state index in [0.29, 0.717) is 0 Å². The fraction of sp³-hybridized carbons (Fsp3) is 0.250. The van der Waals surface area contributed by atoms with E-state index in [1.807, 2.05) is 0 Å². The minimum Gasteiger partial charge on any atom is -0.741 e. The maximum absolute atomic E-state index is 10.7. The molecule has 0 aromatic carbocycles. The fourth-order valence-electron chi connectivity index (χ4n) is 0.430. The molecule has 0 aliphatic heterocycles. The number of imidazole rings is 2. The number of alkyl halides is 6. The maximum Gasteiger partial charge on any atom is 2.00 e. The van der Waals surface area contributed by atoms with Gasteiger partial charge in [0.2, 0.25) is 0 Å². The van der Waals surface area contributed by atoms with E-state index in [2.05, 4.69) is 19.9 Å². The molecule has 2 heterocycles. The molecular formula is C8H8CuF6N4O6S2. The SMILES string of the molecule is O=S(=O)([O-])C(F)(F)F.O=S(=O)([O-])C(F)(F)F.[Cu+2].c1c[nH]cn1.c1c[nH]cn1. The quantitative estimate of drug-likeness (QED) is 0.234. The molecule has 27 heavy (non-hydrogen) atoms. The Hall–Kier alpha value is -1.66. The summed E-state index contributed by atoms with van der Waals surface area (Å²) >= 11 is 0. The Kier molecular flexibility index (Phi) is 14.1. The van der Waals surface area contributed by atoms with Gasteiger partial charge in [0.15, 0.2) is 20.2 Å². The number of hydrogen-bond donors (Lipinski definition) is 2. The van der Waals surface area contributed by atoms with Crippen LogP contribution < -0.4 is 0 Å². The first-order valence-corrected chi connectivity index (χ1v) is 8.21. The Morgan fingerprint density at radius 2 is 0.926 bits per heavy atom. The molecule has 2 N–H and O–H groups in total. The summed E-state index contributed by atoms with van der Waals surface area (Å²) in [5.74, 6) is 0. The van der Waals surface area contributed by atoms with Gasteiger partial charge in [0.1, 0.15) is 0 Å². The molecule has 0 fully saturated rings. The van der Waals surface area contributed by atoms with Gasteiger partial charge in [0.25, 0.3) is 0 Å². The molecule has 2 aromatic rings. The minimum atomic E-state index is -6.09. The van der Waals surface area contributed by atoms with E-state index < -0.39 is 31.3 Å². The van der Waals surface area contributed by atoms with Crippen molar-refractivity contribution >= 4 is 20.2 Å². The number of aromatic nitrogens is 4. The first kappa shape index (κ1) is 30.1. The predicted octanol–water partition coefficient (Wildman–Crippen LogP) is 0.920. The summed E-state index contributed by atoms with van der Waals surface area (Å²) in [5.41, 5.74) is -11.3. The van der Waals surface area contributed by atoms with E-state index in [-0.39, 0.29) is 17.1 Å². The van der Waals surface area contributed by atoms with Crippen molar-refractivity contribution in [2.45, 2.75) is 11.0 Å². The van der Waals surface area contributed by atoms with Gasteiger partial charge in [-0.1, -0.05) is 0 Å². The Morgan fingerprint density at radius 1 is 0.704 bits per heavy atom. The summed E-state index contributed by atoms with van der Waals surface area (Å²) in [4.78, 5) is 12.8. The molecule has 19 heteroatoms. The van der Waals surface area contributed by atoms with Gasteiger partial charge in [-0.05, 0) is 0 Å². The van der Waals surface area contributed by atoms with Crippen LogP contribution >= 0.6 is 0 Å². The summed E-state index contributed by atoms with van der Waals surface area (Å²) < 4.78 is 118. The Balaban J connectivity index is -0.000000286. The molecule has 0 aliphatic rings. The van der Waals surface area contributed by atoms with E-state index >= 15 is 0 Å². The second-order valence-electron chi connectivity index (χ2n) is 3.32. The fourth-order valence-corrected chi connectivity index (χ4v) is 0.430. The molecule has 0 spiro atoms. The summed E-state index contributed by atoms with van der Waals surface area (Å²) in [6.45, 7) is 0. The molecule has 0 saturated heterocycles. The Bertz CT molecular complexity index is 674. The molecule has 161 valence electrons. The molecule has 1 radical (unpaired) electrons. The van der Waals surface area contributed by atoms with Gasteiger partial charge in [-0.3, -0.25) is 0 Å². The number of H-pyrrole nitrogens is 2. The zero-order valence-corrected chi connectivity index (χ0v) is 14.8. The summed E-state index contributed by atoms with van der Waals surface area (Å²) in [6, 6.07) is 0. The van der Waals surface area contributed by atoms with Crippen molar-refractivity contribution in [1.82, 2.24) is 19.9 Å². The molecule has 0 unspecified atom stereocenters. The average Bonchev–Trinajstić information content (AvgIpc) is 3.15. The van der Waals surface area contributed by atoms with Gasteiger partial charge in [0.05, 0.1) is 12.7 Å². The van der Waals surface area contributed by atoms with E-state index in [0.717, 1.165) is 0 Å². The maximum atomic E-state index is 10.7. The Labute approximate surface area is 158 Å². The summed E-state index contributed by atoms with van der Waals surface area (Å²) in [6.07, 6.45) is 10.2. The average molecular weight is 498 g/mol. The predicted molar refractivity (Wildman–Crippen MR) is 68.7 cm³/mol. The van der Waals surface area contributed by atoms with Gasteiger partial charge < -0.3 is 19.1 Å². The van der Waals surface area contributed by atoms with Gasteiger partial charge in [-0.2, -0.15) is 26.3 Å². The van der Waals surface area contributed by atoms with Crippen molar-refractivity contribution in [3.8, 4) is 0 Å². The monoisotopic (exact) mass is 497 g/mol. The topological polar surface area (TPSA) is 172 Å². The molecule has 0 bridgehead atoms. The molecule has 0 amide bonds. The van der Waals surface area contributed by atoms with Gasteiger partial charge in [-0.15, -0.1) is 0 Å². The minimum absolute atomic E-state index is 0. The van der Waals surface area contributed by atoms with Gasteiger partial charge in [0, 0.05) is 24.8 Å². The van der Waals surface area contributed by atoms with Gasteiger partial charge in [-0.25, -0.2) is 26.8 Å². The first-order valence-electron chi connectivity index (χ1n) is 5.40. The van der Waals surface area contributed by atoms with Crippen LogP contribution in [0.3, 0.4) is 0 Å².